The molecule has 1 heterocycles. The molecule has 29 heavy (non-hydrogen) atoms. The van der Waals surface area contributed by atoms with E-state index in [1.54, 1.807) is 13.8 Å². The van der Waals surface area contributed by atoms with Gasteiger partial charge in [-0.25, -0.2) is 0 Å². The Morgan fingerprint density at radius 1 is 1.14 bits per heavy atom. The van der Waals surface area contributed by atoms with Gasteiger partial charge >= 0.3 is 0 Å². The van der Waals surface area contributed by atoms with Crippen LogP contribution in [0, 0.1) is 17.3 Å². The van der Waals surface area contributed by atoms with E-state index >= 15 is 0 Å². The van der Waals surface area contributed by atoms with E-state index in [1.165, 1.54) is 0 Å². The number of amides is 2. The molecule has 3 unspecified atom stereocenters. The third-order valence-electron chi connectivity index (χ3n) is 5.77. The normalized spacial score (nSPS) is 26.3. The van der Waals surface area contributed by atoms with Gasteiger partial charge in [0, 0.05) is 18.4 Å². The number of carbonyl (C=O) groups excluding carboxylic acids is 3. The third-order valence-corrected chi connectivity index (χ3v) is 5.77. The van der Waals surface area contributed by atoms with Crippen molar-refractivity contribution in [3.05, 3.63) is 36.6 Å². The van der Waals surface area contributed by atoms with Crippen molar-refractivity contribution in [3.8, 4) is 0 Å². The van der Waals surface area contributed by atoms with Crippen LogP contribution in [-0.2, 0) is 19.1 Å². The molecule has 2 aliphatic rings. The van der Waals surface area contributed by atoms with Crippen LogP contribution in [0.15, 0.2) is 36.6 Å². The van der Waals surface area contributed by atoms with E-state index in [-0.39, 0.29) is 35.4 Å². The number of ether oxygens (including phenoxy) is 1. The lowest BCUT2D eigenvalue weighted by atomic mass is 9.82. The van der Waals surface area contributed by atoms with Crippen LogP contribution in [0.1, 0.15) is 53.4 Å². The van der Waals surface area contributed by atoms with Gasteiger partial charge in [-0.05, 0) is 26.3 Å². The van der Waals surface area contributed by atoms with E-state index in [9.17, 15) is 14.4 Å². The molecule has 6 nitrogen and oxygen atoms in total. The molecule has 0 aromatic heterocycles. The molecule has 6 heteroatoms. The topological polar surface area (TPSA) is 84.5 Å². The van der Waals surface area contributed by atoms with Crippen molar-refractivity contribution in [1.29, 1.82) is 0 Å². The number of rotatable bonds is 8. The monoisotopic (exact) mass is 402 g/mol. The van der Waals surface area contributed by atoms with Crippen LogP contribution in [0.4, 0.5) is 0 Å². The van der Waals surface area contributed by atoms with E-state index in [4.69, 9.17) is 4.74 Å². The first kappa shape index (κ1) is 22.9. The minimum atomic E-state index is -1.31. The summed E-state index contributed by atoms with van der Waals surface area (Å²) in [6, 6.07) is -0.971. The number of allylic oxidation sites excluding steroid dienone is 2. The first-order chi connectivity index (χ1) is 13.7. The second kappa shape index (κ2) is 9.90. The van der Waals surface area contributed by atoms with E-state index in [0.29, 0.717) is 6.54 Å². The summed E-state index contributed by atoms with van der Waals surface area (Å²) < 4.78 is 5.88. The Hall–Kier alpha value is -2.37. The standard InChI is InChI=1S/C23H34N2O4/c1-6-7-8-11-14-24-21(27)23(4,5)22(28)25-19-16(3)29-18-13-10-9-12-17(18)15(2)20(19)26/h9-10,12-13,15,17-19H,3,6-8,11,14H2,1-2,4-5H3,(H,24,27)(H,25,28)/t15?,17?,18?,19-/m0/s1. The number of ketones is 1. The van der Waals surface area contributed by atoms with Crippen LogP contribution in [0.3, 0.4) is 0 Å². The summed E-state index contributed by atoms with van der Waals surface area (Å²) in [4.78, 5) is 38.4. The van der Waals surface area contributed by atoms with Crippen molar-refractivity contribution in [1.82, 2.24) is 10.6 Å². The van der Waals surface area contributed by atoms with E-state index in [2.05, 4.69) is 24.1 Å². The fraction of sp³-hybridized carbons (Fsp3) is 0.609. The molecule has 1 aliphatic heterocycles. The van der Waals surface area contributed by atoms with Crippen LogP contribution in [0.25, 0.3) is 0 Å². The Morgan fingerprint density at radius 3 is 2.52 bits per heavy atom. The lowest BCUT2D eigenvalue weighted by molar-refractivity contribution is -0.143. The number of hydrogen-bond acceptors (Lipinski definition) is 4. The Bertz CT molecular complexity index is 708. The highest BCUT2D eigenvalue weighted by atomic mass is 16.5. The maximum Gasteiger partial charge on any atom is 0.236 e. The van der Waals surface area contributed by atoms with Crippen LogP contribution < -0.4 is 10.6 Å². The number of hydrogen-bond donors (Lipinski definition) is 2. The van der Waals surface area contributed by atoms with Gasteiger partial charge in [0.15, 0.2) is 5.78 Å². The van der Waals surface area contributed by atoms with Gasteiger partial charge in [0.1, 0.15) is 23.3 Å². The van der Waals surface area contributed by atoms with Crippen molar-refractivity contribution < 1.29 is 19.1 Å². The van der Waals surface area contributed by atoms with E-state index in [0.717, 1.165) is 25.7 Å². The van der Waals surface area contributed by atoms with E-state index in [1.807, 2.05) is 31.2 Å². The van der Waals surface area contributed by atoms with Crippen LogP contribution in [0.5, 0.6) is 0 Å². The smallest absolute Gasteiger partial charge is 0.236 e. The molecule has 2 N–H and O–H groups in total. The zero-order chi connectivity index (χ0) is 21.6. The maximum atomic E-state index is 13.0. The lowest BCUT2D eigenvalue weighted by Crippen LogP contribution is -2.53. The maximum absolute atomic E-state index is 13.0. The van der Waals surface area contributed by atoms with Gasteiger partial charge in [-0.2, -0.15) is 0 Å². The molecule has 2 rings (SSSR count). The summed E-state index contributed by atoms with van der Waals surface area (Å²) in [6.45, 7) is 11.5. The van der Waals surface area contributed by atoms with Crippen molar-refractivity contribution in [3.63, 3.8) is 0 Å². The Balaban J connectivity index is 2.02. The number of nitrogens with one attached hydrogen (secondary N) is 2. The molecule has 0 bridgehead atoms. The van der Waals surface area contributed by atoms with Crippen molar-refractivity contribution >= 4 is 17.6 Å². The largest absolute Gasteiger partial charge is 0.488 e. The summed E-state index contributed by atoms with van der Waals surface area (Å²) in [5.41, 5.74) is -1.31. The fourth-order valence-electron chi connectivity index (χ4n) is 3.57. The highest BCUT2D eigenvalue weighted by molar-refractivity contribution is 6.06. The molecular weight excluding hydrogens is 368 g/mol. The first-order valence-electron chi connectivity index (χ1n) is 10.5. The fourth-order valence-corrected chi connectivity index (χ4v) is 3.57. The minimum Gasteiger partial charge on any atom is -0.488 e. The molecule has 1 aliphatic carbocycles. The minimum absolute atomic E-state index is 0.106. The van der Waals surface area contributed by atoms with E-state index < -0.39 is 17.4 Å². The number of fused-ring (bicyclic) bond motifs is 1. The summed E-state index contributed by atoms with van der Waals surface area (Å²) in [6.07, 6.45) is 11.5. The molecule has 4 atom stereocenters. The molecule has 2 amide bonds. The van der Waals surface area contributed by atoms with Crippen molar-refractivity contribution in [2.45, 2.75) is 65.5 Å². The molecule has 160 valence electrons. The third kappa shape index (κ3) is 5.37. The van der Waals surface area contributed by atoms with Crippen LogP contribution >= 0.6 is 0 Å². The molecular formula is C23H34N2O4. The van der Waals surface area contributed by atoms with Crippen LogP contribution in [-0.4, -0.2) is 36.3 Å². The van der Waals surface area contributed by atoms with Gasteiger partial charge < -0.3 is 15.4 Å². The zero-order valence-electron chi connectivity index (χ0n) is 18.0. The van der Waals surface area contributed by atoms with Crippen molar-refractivity contribution in [2.75, 3.05) is 6.54 Å². The van der Waals surface area contributed by atoms with Crippen LogP contribution in [0.2, 0.25) is 0 Å². The van der Waals surface area contributed by atoms with Gasteiger partial charge in [-0.3, -0.25) is 14.4 Å². The SMILES string of the molecule is C=C1OC2C=CC=CC2C(C)C(=O)[C@H]1NC(=O)C(C)(C)C(=O)NCCCCCC. The number of unbranched alkanes of at least 4 members (excludes halogenated alkanes) is 3. The van der Waals surface area contributed by atoms with Crippen molar-refractivity contribution in [2.24, 2.45) is 17.3 Å². The summed E-state index contributed by atoms with van der Waals surface area (Å²) in [5.74, 6) is -1.28. The Morgan fingerprint density at radius 2 is 1.83 bits per heavy atom. The second-order valence-corrected chi connectivity index (χ2v) is 8.44. The molecule has 0 saturated carbocycles. The number of Topliss-reactive ketones (excluding diaryl/α,β-unsaturated/α-hetero) is 1. The average Bonchev–Trinajstić information content (AvgIpc) is 2.78. The van der Waals surface area contributed by atoms with Gasteiger partial charge in [-0.15, -0.1) is 0 Å². The predicted molar refractivity (Wildman–Crippen MR) is 113 cm³/mol. The molecule has 1 fully saturated rings. The molecule has 0 aromatic rings. The Labute approximate surface area is 173 Å². The highest BCUT2D eigenvalue weighted by Gasteiger charge is 2.43. The van der Waals surface area contributed by atoms with Gasteiger partial charge in [-0.1, -0.05) is 57.9 Å². The lowest BCUT2D eigenvalue weighted by Gasteiger charge is -2.26. The molecule has 1 saturated heterocycles. The zero-order valence-corrected chi connectivity index (χ0v) is 18.0. The quantitative estimate of drug-likeness (QED) is 0.483. The Kier molecular flexibility index (Phi) is 7.82. The summed E-state index contributed by atoms with van der Waals surface area (Å²) >= 11 is 0. The second-order valence-electron chi connectivity index (χ2n) is 8.44. The van der Waals surface area contributed by atoms with Gasteiger partial charge in [0.2, 0.25) is 11.8 Å². The molecule has 0 radical (unpaired) electrons. The first-order valence-corrected chi connectivity index (χ1v) is 10.5. The summed E-state index contributed by atoms with van der Waals surface area (Å²) in [7, 11) is 0. The average molecular weight is 403 g/mol. The molecule has 0 spiro atoms. The highest BCUT2D eigenvalue weighted by Crippen LogP contribution is 2.32. The van der Waals surface area contributed by atoms with Gasteiger partial charge in [0.25, 0.3) is 0 Å². The number of carbonyl (C=O) groups is 3. The predicted octanol–water partition coefficient (Wildman–Crippen LogP) is 3.05. The molecule has 0 aromatic carbocycles. The summed E-state index contributed by atoms with van der Waals surface area (Å²) in [5, 5.41) is 5.54. The van der Waals surface area contributed by atoms with Gasteiger partial charge in [0.05, 0.1) is 0 Å².